The fraction of sp³-hybridized carbons (Fsp3) is 0.526. The molecule has 52 heavy (non-hydrogen) atoms. The van der Waals surface area contributed by atoms with Crippen molar-refractivity contribution < 1.29 is 33.9 Å². The van der Waals surface area contributed by atoms with E-state index in [-0.39, 0.29) is 30.9 Å². The lowest BCUT2D eigenvalue weighted by Gasteiger charge is -2.26. The first kappa shape index (κ1) is 43.2. The van der Waals surface area contributed by atoms with Gasteiger partial charge in [0, 0.05) is 6.42 Å². The van der Waals surface area contributed by atoms with Gasteiger partial charge in [-0.15, -0.1) is 0 Å². The summed E-state index contributed by atoms with van der Waals surface area (Å²) in [7, 11) is 0. The third kappa shape index (κ3) is 17.3. The molecule has 0 spiro atoms. The molecule has 14 nitrogen and oxygen atoms in total. The van der Waals surface area contributed by atoms with Crippen LogP contribution in [0.15, 0.2) is 54.6 Å². The summed E-state index contributed by atoms with van der Waals surface area (Å²) in [6.45, 7) is 5.01. The predicted molar refractivity (Wildman–Crippen MR) is 198 cm³/mol. The van der Waals surface area contributed by atoms with Crippen LogP contribution in [-0.2, 0) is 41.6 Å². The van der Waals surface area contributed by atoms with Gasteiger partial charge in [-0.05, 0) is 48.4 Å². The molecular formula is C38H57N7O7. The highest BCUT2D eigenvalue weighted by molar-refractivity contribution is 5.95. The maximum atomic E-state index is 13.7. The predicted octanol–water partition coefficient (Wildman–Crippen LogP) is 1.47. The molecule has 0 saturated heterocycles. The fourth-order valence-electron chi connectivity index (χ4n) is 5.48. The van der Waals surface area contributed by atoms with Crippen molar-refractivity contribution in [2.75, 3.05) is 13.1 Å². The van der Waals surface area contributed by atoms with Crippen molar-refractivity contribution in [3.8, 4) is 5.75 Å². The molecule has 2 aromatic rings. The van der Waals surface area contributed by atoms with E-state index in [2.05, 4.69) is 33.5 Å². The molecule has 1 unspecified atom stereocenters. The van der Waals surface area contributed by atoms with Crippen molar-refractivity contribution in [1.29, 1.82) is 0 Å². The smallest absolute Gasteiger partial charge is 0.243 e. The SMILES string of the molecule is CCCCCCCCC(NC(=O)[C@H](CC(C)C)NC(=O)[C@H](Cc1ccccc1)NC(=O)CNC(=O)CNC(=O)[C@@H](N)Cc1ccc(O)cc1)C(N)=O. The average Bonchev–Trinajstić information content (AvgIpc) is 3.11. The highest BCUT2D eigenvalue weighted by Crippen LogP contribution is 2.12. The summed E-state index contributed by atoms with van der Waals surface area (Å²) >= 11 is 0. The molecule has 2 aromatic carbocycles. The van der Waals surface area contributed by atoms with Gasteiger partial charge in [0.2, 0.25) is 35.4 Å². The highest BCUT2D eigenvalue weighted by atomic mass is 16.3. The summed E-state index contributed by atoms with van der Waals surface area (Å²) in [6, 6.07) is 11.3. The van der Waals surface area contributed by atoms with Gasteiger partial charge in [0.15, 0.2) is 0 Å². The van der Waals surface area contributed by atoms with Crippen LogP contribution in [0.3, 0.4) is 0 Å². The Morgan fingerprint density at radius 2 is 1.23 bits per heavy atom. The number of amides is 6. The fourth-order valence-corrected chi connectivity index (χ4v) is 5.48. The van der Waals surface area contributed by atoms with Gasteiger partial charge in [-0.25, -0.2) is 0 Å². The lowest BCUT2D eigenvalue weighted by Crippen LogP contribution is -2.57. The molecule has 6 amide bonds. The second-order valence-electron chi connectivity index (χ2n) is 13.5. The van der Waals surface area contributed by atoms with Gasteiger partial charge in [0.05, 0.1) is 19.1 Å². The van der Waals surface area contributed by atoms with Gasteiger partial charge in [-0.2, -0.15) is 0 Å². The largest absolute Gasteiger partial charge is 0.508 e. The van der Waals surface area contributed by atoms with E-state index in [1.807, 2.05) is 19.9 Å². The van der Waals surface area contributed by atoms with E-state index >= 15 is 0 Å². The number of nitrogens with one attached hydrogen (secondary N) is 5. The minimum Gasteiger partial charge on any atom is -0.508 e. The first-order valence-corrected chi connectivity index (χ1v) is 18.1. The molecule has 4 atom stereocenters. The van der Waals surface area contributed by atoms with Gasteiger partial charge in [-0.3, -0.25) is 28.8 Å². The normalized spacial score (nSPS) is 13.2. The number of primary amides is 1. The minimum atomic E-state index is -1.11. The van der Waals surface area contributed by atoms with Gasteiger partial charge in [0.25, 0.3) is 0 Å². The Hall–Kier alpha value is -4.98. The van der Waals surface area contributed by atoms with Crippen molar-refractivity contribution in [3.05, 3.63) is 65.7 Å². The summed E-state index contributed by atoms with van der Waals surface area (Å²) in [5, 5.41) is 22.4. The van der Waals surface area contributed by atoms with E-state index in [0.717, 1.165) is 49.7 Å². The van der Waals surface area contributed by atoms with Crippen LogP contribution in [0.4, 0.5) is 0 Å². The molecule has 0 aliphatic carbocycles. The average molecular weight is 724 g/mol. The molecule has 0 heterocycles. The van der Waals surface area contributed by atoms with Gasteiger partial charge in [-0.1, -0.05) is 102 Å². The molecule has 0 bridgehead atoms. The van der Waals surface area contributed by atoms with Crippen LogP contribution in [0.5, 0.6) is 5.75 Å². The highest BCUT2D eigenvalue weighted by Gasteiger charge is 2.30. The minimum absolute atomic E-state index is 0.00173. The Bertz CT molecular complexity index is 1440. The quantitative estimate of drug-likeness (QED) is 0.0737. The van der Waals surface area contributed by atoms with Crippen LogP contribution in [0.1, 0.15) is 83.3 Å². The summed E-state index contributed by atoms with van der Waals surface area (Å²) in [5.41, 5.74) is 13.0. The van der Waals surface area contributed by atoms with E-state index in [1.165, 1.54) is 12.1 Å². The number of benzene rings is 2. The van der Waals surface area contributed by atoms with Crippen LogP contribution in [-0.4, -0.2) is 77.8 Å². The van der Waals surface area contributed by atoms with Gasteiger partial charge in [0.1, 0.15) is 23.9 Å². The van der Waals surface area contributed by atoms with E-state index in [0.29, 0.717) is 6.42 Å². The number of unbranched alkanes of at least 4 members (excludes halogenated alkanes) is 5. The van der Waals surface area contributed by atoms with Crippen molar-refractivity contribution in [2.24, 2.45) is 17.4 Å². The number of nitrogens with two attached hydrogens (primary N) is 2. The Kier molecular flexibility index (Phi) is 19.5. The van der Waals surface area contributed by atoms with Gasteiger partial charge >= 0.3 is 0 Å². The third-order valence-corrected chi connectivity index (χ3v) is 8.38. The van der Waals surface area contributed by atoms with E-state index in [1.54, 1.807) is 36.4 Å². The second kappa shape index (κ2) is 23.5. The van der Waals surface area contributed by atoms with Gasteiger partial charge < -0.3 is 43.2 Å². The van der Waals surface area contributed by atoms with Crippen LogP contribution in [0, 0.1) is 5.92 Å². The lowest BCUT2D eigenvalue weighted by molar-refractivity contribution is -0.133. The topological polar surface area (TPSA) is 235 Å². The van der Waals surface area contributed by atoms with Crippen LogP contribution in [0.25, 0.3) is 0 Å². The number of hydrogen-bond donors (Lipinski definition) is 8. The molecule has 0 saturated carbocycles. The number of phenols is 1. The van der Waals surface area contributed by atoms with Crippen molar-refractivity contribution >= 4 is 35.4 Å². The summed E-state index contributed by atoms with van der Waals surface area (Å²) in [6.07, 6.45) is 6.99. The number of carbonyl (C=O) groups excluding carboxylic acids is 6. The molecule has 0 radical (unpaired) electrons. The Labute approximate surface area is 306 Å². The molecule has 0 aliphatic rings. The summed E-state index contributed by atoms with van der Waals surface area (Å²) < 4.78 is 0. The molecular weight excluding hydrogens is 666 g/mol. The lowest BCUT2D eigenvalue weighted by atomic mass is 10.00. The first-order chi connectivity index (χ1) is 24.8. The van der Waals surface area contributed by atoms with Crippen LogP contribution < -0.4 is 38.1 Å². The Balaban J connectivity index is 2.00. The number of carbonyl (C=O) groups is 6. The first-order valence-electron chi connectivity index (χ1n) is 18.1. The zero-order valence-electron chi connectivity index (χ0n) is 30.6. The number of aromatic hydroxyl groups is 1. The van der Waals surface area contributed by atoms with Crippen LogP contribution >= 0.6 is 0 Å². The standard InChI is InChI=1S/C38H57N7O7/c1-4-5-6-7-8-12-15-30(35(40)49)44-37(51)31(20-25(2)3)45-38(52)32(22-26-13-10-9-11-14-26)43-34(48)24-41-33(47)23-42-36(50)29(39)21-27-16-18-28(46)19-17-27/h9-11,13-14,16-19,25,29-32,46H,4-8,12,15,20-24,39H2,1-3H3,(H2,40,49)(H,41,47)(H,42,50)(H,43,48)(H,44,51)(H,45,52)/t29-,30?,31-,32-/m0/s1. The Morgan fingerprint density at radius 1 is 0.654 bits per heavy atom. The molecule has 2 rings (SSSR count). The summed E-state index contributed by atoms with van der Waals surface area (Å²) in [5.74, 6) is -3.62. The number of hydrogen-bond acceptors (Lipinski definition) is 8. The maximum Gasteiger partial charge on any atom is 0.243 e. The number of rotatable bonds is 24. The zero-order valence-corrected chi connectivity index (χ0v) is 30.6. The molecule has 0 aromatic heterocycles. The molecule has 0 aliphatic heterocycles. The molecule has 286 valence electrons. The van der Waals surface area contributed by atoms with Crippen molar-refractivity contribution in [1.82, 2.24) is 26.6 Å². The van der Waals surface area contributed by atoms with E-state index in [4.69, 9.17) is 11.5 Å². The molecule has 10 N–H and O–H groups in total. The Morgan fingerprint density at radius 3 is 1.87 bits per heavy atom. The maximum absolute atomic E-state index is 13.7. The van der Waals surface area contributed by atoms with Crippen molar-refractivity contribution in [3.63, 3.8) is 0 Å². The molecule has 0 fully saturated rings. The third-order valence-electron chi connectivity index (χ3n) is 8.38. The molecule has 14 heteroatoms. The zero-order chi connectivity index (χ0) is 38.5. The van der Waals surface area contributed by atoms with E-state index < -0.39 is 72.7 Å². The summed E-state index contributed by atoms with van der Waals surface area (Å²) in [4.78, 5) is 77.1. The van der Waals surface area contributed by atoms with E-state index in [9.17, 15) is 33.9 Å². The number of phenolic OH excluding ortho intramolecular Hbond substituents is 1. The monoisotopic (exact) mass is 723 g/mol. The second-order valence-corrected chi connectivity index (χ2v) is 13.5. The van der Waals surface area contributed by atoms with Crippen molar-refractivity contribution in [2.45, 2.75) is 109 Å². The van der Waals surface area contributed by atoms with Crippen LogP contribution in [0.2, 0.25) is 0 Å².